The largest absolute Gasteiger partial charge is 0.373 e. The first-order chi connectivity index (χ1) is 15.9. The van der Waals surface area contributed by atoms with E-state index in [1.54, 1.807) is 11.5 Å². The summed E-state index contributed by atoms with van der Waals surface area (Å²) in [6, 6.07) is 12.6. The smallest absolute Gasteiger partial charge is 0.221 e. The lowest BCUT2D eigenvalue weighted by Crippen LogP contribution is -2.34. The van der Waals surface area contributed by atoms with Crippen molar-refractivity contribution >= 4 is 11.2 Å². The number of aromatic nitrogens is 3. The minimum Gasteiger partial charge on any atom is -0.373 e. The summed E-state index contributed by atoms with van der Waals surface area (Å²) in [6.07, 6.45) is -0.637. The van der Waals surface area contributed by atoms with Crippen LogP contribution in [0.5, 0.6) is 0 Å². The van der Waals surface area contributed by atoms with E-state index in [-0.39, 0.29) is 34.7 Å². The Kier molecular flexibility index (Phi) is 5.35. The second-order valence-electron chi connectivity index (χ2n) is 7.53. The van der Waals surface area contributed by atoms with Gasteiger partial charge in [0.15, 0.2) is 17.1 Å². The Labute approximate surface area is 186 Å². The maximum Gasteiger partial charge on any atom is 0.221 e. The van der Waals surface area contributed by atoms with Crippen molar-refractivity contribution in [3.8, 4) is 0 Å². The van der Waals surface area contributed by atoms with E-state index >= 15 is 0 Å². The van der Waals surface area contributed by atoms with Gasteiger partial charge in [-0.15, -0.1) is 0 Å². The van der Waals surface area contributed by atoms with Gasteiger partial charge in [-0.25, -0.2) is 24.6 Å². The Balaban J connectivity index is 1.81. The number of aryl methyl sites for hydroxylation is 1. The van der Waals surface area contributed by atoms with Crippen LogP contribution >= 0.6 is 0 Å². The molecule has 5 N–H and O–H groups in total. The molecule has 0 saturated carbocycles. The van der Waals surface area contributed by atoms with E-state index in [1.807, 2.05) is 0 Å². The molecular weight excluding hydrogens is 435 g/mol. The number of nitrogens with one attached hydrogen (secondary N) is 4. The van der Waals surface area contributed by atoms with E-state index in [0.717, 1.165) is 0 Å². The molecule has 2 aromatic carbocycles. The zero-order valence-electron chi connectivity index (χ0n) is 17.4. The Morgan fingerprint density at radius 2 is 1.52 bits per heavy atom. The van der Waals surface area contributed by atoms with Gasteiger partial charge in [0.2, 0.25) is 5.95 Å². The van der Waals surface area contributed by atoms with Crippen molar-refractivity contribution in [2.24, 2.45) is 0 Å². The molecule has 0 bridgehead atoms. The molecule has 4 aromatic rings. The fourth-order valence-electron chi connectivity index (χ4n) is 4.14. The van der Waals surface area contributed by atoms with Gasteiger partial charge in [0.05, 0.1) is 5.52 Å². The lowest BCUT2D eigenvalue weighted by Gasteiger charge is -2.30. The summed E-state index contributed by atoms with van der Waals surface area (Å²) < 4.78 is 46.4. The van der Waals surface area contributed by atoms with Crippen LogP contribution in [0.2, 0.25) is 0 Å². The summed E-state index contributed by atoms with van der Waals surface area (Å²) in [5.41, 5.74) is 8.69. The highest BCUT2D eigenvalue weighted by atomic mass is 19.1. The number of pyridine rings is 1. The molecule has 3 heterocycles. The lowest BCUT2D eigenvalue weighted by atomic mass is 9.84. The summed E-state index contributed by atoms with van der Waals surface area (Å²) >= 11 is 0. The molecule has 11 heteroatoms. The molecule has 1 fully saturated rings. The molecule has 0 unspecified atom stereocenters. The van der Waals surface area contributed by atoms with Crippen molar-refractivity contribution in [2.75, 3.05) is 0 Å². The quantitative estimate of drug-likeness (QED) is 0.295. The molecular formula is C22H20F3N7O. The van der Waals surface area contributed by atoms with E-state index in [2.05, 4.69) is 31.9 Å². The number of benzene rings is 2. The Hall–Kier alpha value is -3.35. The maximum absolute atomic E-state index is 15.0. The molecule has 1 aliphatic heterocycles. The number of aliphatic hydroxyl groups is 1. The molecule has 0 aliphatic carbocycles. The number of imidazole rings is 1. The molecule has 1 saturated heterocycles. The number of hydrogen-bond donors (Lipinski definition) is 5. The molecule has 5 rings (SSSR count). The van der Waals surface area contributed by atoms with Crippen LogP contribution in [-0.2, 0) is 12.1 Å². The first-order valence-corrected chi connectivity index (χ1v) is 10.3. The van der Waals surface area contributed by atoms with Crippen molar-refractivity contribution in [3.63, 3.8) is 0 Å². The van der Waals surface area contributed by atoms with E-state index < -0.39 is 29.3 Å². The van der Waals surface area contributed by atoms with Gasteiger partial charge in [0.25, 0.3) is 0 Å². The van der Waals surface area contributed by atoms with Crippen molar-refractivity contribution in [2.45, 2.75) is 25.2 Å². The average Bonchev–Trinajstić information content (AvgIpc) is 3.46. The molecule has 0 radical (unpaired) electrons. The first-order valence-electron chi connectivity index (χ1n) is 10.3. The zero-order chi connectivity index (χ0) is 23.2. The van der Waals surface area contributed by atoms with Crippen LogP contribution in [0.4, 0.5) is 13.2 Å². The molecule has 2 aromatic heterocycles. The third kappa shape index (κ3) is 3.37. The summed E-state index contributed by atoms with van der Waals surface area (Å²) in [6.45, 7) is 2.05. The second kappa shape index (κ2) is 8.21. The molecule has 0 amide bonds. The van der Waals surface area contributed by atoms with Crippen LogP contribution < -0.4 is 21.9 Å². The van der Waals surface area contributed by atoms with Crippen molar-refractivity contribution < 1.29 is 18.3 Å². The number of fused-ring (bicyclic) bond motifs is 1. The fraction of sp³-hybridized carbons (Fsp3) is 0.182. The van der Waals surface area contributed by atoms with Gasteiger partial charge in [-0.05, 0) is 25.1 Å². The normalized spacial score (nSPS) is 14.9. The van der Waals surface area contributed by atoms with Crippen LogP contribution in [0.25, 0.3) is 11.2 Å². The van der Waals surface area contributed by atoms with Gasteiger partial charge in [0, 0.05) is 23.2 Å². The lowest BCUT2D eigenvalue weighted by molar-refractivity contribution is 0.103. The van der Waals surface area contributed by atoms with Gasteiger partial charge in [-0.2, -0.15) is 20.4 Å². The molecule has 170 valence electrons. The number of halogens is 3. The van der Waals surface area contributed by atoms with Crippen LogP contribution in [0.3, 0.4) is 0 Å². The van der Waals surface area contributed by atoms with Gasteiger partial charge >= 0.3 is 0 Å². The summed E-state index contributed by atoms with van der Waals surface area (Å²) in [5.74, 6) is -2.35. The van der Waals surface area contributed by atoms with Crippen molar-refractivity contribution in [1.29, 1.82) is 0 Å². The highest BCUT2D eigenvalue weighted by Crippen LogP contribution is 2.40. The minimum atomic E-state index is -2.31. The molecule has 33 heavy (non-hydrogen) atoms. The number of nitrogens with zero attached hydrogens (tertiary/aromatic N) is 3. The summed E-state index contributed by atoms with van der Waals surface area (Å²) in [7, 11) is 0. The van der Waals surface area contributed by atoms with Crippen LogP contribution in [0.1, 0.15) is 35.6 Å². The van der Waals surface area contributed by atoms with Gasteiger partial charge in [0.1, 0.15) is 17.8 Å². The van der Waals surface area contributed by atoms with Crippen molar-refractivity contribution in [1.82, 2.24) is 36.5 Å². The number of hydrazine groups is 3. The third-order valence-electron chi connectivity index (χ3n) is 5.70. The van der Waals surface area contributed by atoms with E-state index in [9.17, 15) is 18.3 Å². The van der Waals surface area contributed by atoms with E-state index in [0.29, 0.717) is 5.52 Å². The fourth-order valence-corrected chi connectivity index (χ4v) is 4.14. The van der Waals surface area contributed by atoms with Gasteiger partial charge in [-0.3, -0.25) is 0 Å². The van der Waals surface area contributed by atoms with Gasteiger partial charge in [-0.1, -0.05) is 36.4 Å². The summed E-state index contributed by atoms with van der Waals surface area (Å²) in [4.78, 5) is 8.34. The predicted molar refractivity (Wildman–Crippen MR) is 113 cm³/mol. The predicted octanol–water partition coefficient (Wildman–Crippen LogP) is 2.27. The number of rotatable bonds is 5. The Morgan fingerprint density at radius 3 is 2.06 bits per heavy atom. The summed E-state index contributed by atoms with van der Waals surface area (Å²) in [5, 5.41) is 12.0. The van der Waals surface area contributed by atoms with Crippen molar-refractivity contribution in [3.05, 3.63) is 94.7 Å². The number of hydrogen-bond acceptors (Lipinski definition) is 7. The van der Waals surface area contributed by atoms with Crippen LogP contribution in [0.15, 0.2) is 54.6 Å². The molecule has 8 nitrogen and oxygen atoms in total. The highest BCUT2D eigenvalue weighted by molar-refractivity contribution is 5.73. The standard InChI is InChI=1S/C22H20F3N7O/c1-2-32-17-11-12(19-28-30-31-29-19)18(25)26-20(17)27-21(32)22(33,13-7-3-5-9-15(13)23)14-8-4-6-10-16(14)24/h3-11,19,28-31,33H,2H2,1H3. The highest BCUT2D eigenvalue weighted by Gasteiger charge is 2.43. The molecule has 0 atom stereocenters. The Morgan fingerprint density at radius 1 is 0.939 bits per heavy atom. The zero-order valence-corrected chi connectivity index (χ0v) is 17.4. The third-order valence-corrected chi connectivity index (χ3v) is 5.70. The van der Waals surface area contributed by atoms with E-state index in [1.165, 1.54) is 54.6 Å². The van der Waals surface area contributed by atoms with Crippen LogP contribution in [-0.4, -0.2) is 19.6 Å². The van der Waals surface area contributed by atoms with E-state index in [4.69, 9.17) is 0 Å². The van der Waals surface area contributed by atoms with Gasteiger partial charge < -0.3 is 9.67 Å². The second-order valence-corrected chi connectivity index (χ2v) is 7.53. The molecule has 0 spiro atoms. The Bertz CT molecular complexity index is 1290. The topological polar surface area (TPSA) is 99.1 Å². The monoisotopic (exact) mass is 455 g/mol. The maximum atomic E-state index is 15.0. The average molecular weight is 455 g/mol. The molecule has 1 aliphatic rings. The first kappa shape index (κ1) is 21.5. The van der Waals surface area contributed by atoms with Crippen LogP contribution in [0, 0.1) is 17.6 Å². The SMILES string of the molecule is CCn1c(C(O)(c2ccccc2F)c2ccccc2F)nc2nc(F)c(C3NNNN3)cc21. The minimum absolute atomic E-state index is 0.00174.